The maximum absolute atomic E-state index is 11.8. The van der Waals surface area contributed by atoms with Crippen LogP contribution in [0.1, 0.15) is 47.0 Å². The second-order valence-electron chi connectivity index (χ2n) is 6.08. The Balaban J connectivity index is 2.29. The predicted octanol–water partition coefficient (Wildman–Crippen LogP) is 1.93. The lowest BCUT2D eigenvalue weighted by molar-refractivity contribution is -0.123. The average Bonchev–Trinajstić information content (AvgIpc) is 2.17. The summed E-state index contributed by atoms with van der Waals surface area (Å²) in [4.78, 5) is 11.8. The number of rotatable bonds is 3. The first-order valence-corrected chi connectivity index (χ1v) is 6.39. The summed E-state index contributed by atoms with van der Waals surface area (Å²) >= 11 is 0. The third-order valence-corrected chi connectivity index (χ3v) is 3.63. The molecule has 2 atom stereocenters. The quantitative estimate of drug-likeness (QED) is 0.772. The molecule has 1 saturated heterocycles. The number of carbonyl (C=O) groups excluding carboxylic acids is 1. The maximum Gasteiger partial charge on any atom is 0.220 e. The Hall–Kier alpha value is -0.570. The van der Waals surface area contributed by atoms with Gasteiger partial charge in [0, 0.05) is 19.0 Å². The number of hydrogen-bond acceptors (Lipinski definition) is 2. The highest BCUT2D eigenvalue weighted by Gasteiger charge is 2.23. The van der Waals surface area contributed by atoms with E-state index in [0.717, 1.165) is 19.5 Å². The minimum Gasteiger partial charge on any atom is -0.352 e. The molecule has 0 bridgehead atoms. The lowest BCUT2D eigenvalue weighted by Crippen LogP contribution is -2.46. The number of carbonyl (C=O) groups is 1. The van der Waals surface area contributed by atoms with E-state index in [1.165, 1.54) is 6.42 Å². The van der Waals surface area contributed by atoms with E-state index >= 15 is 0 Å². The normalized spacial score (nSPS) is 23.9. The maximum atomic E-state index is 11.8. The number of nitrogens with one attached hydrogen (secondary N) is 2. The van der Waals surface area contributed by atoms with Gasteiger partial charge in [-0.15, -0.1) is 0 Å². The monoisotopic (exact) mass is 226 g/mol. The Labute approximate surface area is 99.4 Å². The molecular formula is C13H26N2O. The minimum atomic E-state index is 0.205. The zero-order valence-electron chi connectivity index (χ0n) is 11.1. The highest BCUT2D eigenvalue weighted by atomic mass is 16.1. The second kappa shape index (κ2) is 5.67. The van der Waals surface area contributed by atoms with Gasteiger partial charge in [0.05, 0.1) is 0 Å². The van der Waals surface area contributed by atoms with Crippen LogP contribution in [0, 0.1) is 11.3 Å². The van der Waals surface area contributed by atoms with Gasteiger partial charge in [-0.1, -0.05) is 27.7 Å². The van der Waals surface area contributed by atoms with Gasteiger partial charge in [0.1, 0.15) is 0 Å². The summed E-state index contributed by atoms with van der Waals surface area (Å²) in [5, 5.41) is 6.43. The van der Waals surface area contributed by atoms with Crippen molar-refractivity contribution in [2.24, 2.45) is 11.3 Å². The van der Waals surface area contributed by atoms with Crippen LogP contribution < -0.4 is 10.6 Å². The number of amides is 1. The Morgan fingerprint density at radius 2 is 2.19 bits per heavy atom. The van der Waals surface area contributed by atoms with Crippen LogP contribution in [0.3, 0.4) is 0 Å². The first-order valence-electron chi connectivity index (χ1n) is 6.39. The van der Waals surface area contributed by atoms with E-state index in [1.54, 1.807) is 0 Å². The van der Waals surface area contributed by atoms with E-state index in [2.05, 4.69) is 38.3 Å². The van der Waals surface area contributed by atoms with Crippen molar-refractivity contribution < 1.29 is 4.79 Å². The van der Waals surface area contributed by atoms with Crippen molar-refractivity contribution in [1.29, 1.82) is 0 Å². The highest BCUT2D eigenvalue weighted by Crippen LogP contribution is 2.27. The lowest BCUT2D eigenvalue weighted by atomic mass is 9.80. The lowest BCUT2D eigenvalue weighted by Gasteiger charge is -2.28. The molecule has 1 aliphatic heterocycles. The van der Waals surface area contributed by atoms with Crippen LogP contribution in [0.4, 0.5) is 0 Å². The smallest absolute Gasteiger partial charge is 0.220 e. The minimum absolute atomic E-state index is 0.205. The van der Waals surface area contributed by atoms with Gasteiger partial charge in [-0.2, -0.15) is 0 Å². The van der Waals surface area contributed by atoms with Crippen LogP contribution in [0.2, 0.25) is 0 Å². The first-order chi connectivity index (χ1) is 7.39. The molecule has 0 aromatic rings. The average molecular weight is 226 g/mol. The Morgan fingerprint density at radius 3 is 2.69 bits per heavy atom. The van der Waals surface area contributed by atoms with Gasteiger partial charge in [0.25, 0.3) is 0 Å². The molecule has 0 spiro atoms. The van der Waals surface area contributed by atoms with Gasteiger partial charge in [0.2, 0.25) is 5.91 Å². The van der Waals surface area contributed by atoms with E-state index in [4.69, 9.17) is 0 Å². The fourth-order valence-corrected chi connectivity index (χ4v) is 1.85. The first kappa shape index (κ1) is 13.5. The molecular weight excluding hydrogens is 200 g/mol. The van der Waals surface area contributed by atoms with Crippen LogP contribution in [0.15, 0.2) is 0 Å². The summed E-state index contributed by atoms with van der Waals surface area (Å²) in [6.45, 7) is 10.7. The zero-order valence-corrected chi connectivity index (χ0v) is 11.1. The van der Waals surface area contributed by atoms with Crippen LogP contribution in [-0.2, 0) is 4.79 Å². The SMILES string of the molecule is CC(CC(=O)N[C@H]1CCCNC1)C(C)(C)C. The van der Waals surface area contributed by atoms with Gasteiger partial charge in [-0.3, -0.25) is 4.79 Å². The summed E-state index contributed by atoms with van der Waals surface area (Å²) in [6, 6.07) is 0.341. The molecule has 1 amide bonds. The molecule has 0 aromatic carbocycles. The zero-order chi connectivity index (χ0) is 12.2. The van der Waals surface area contributed by atoms with Crippen molar-refractivity contribution in [3.63, 3.8) is 0 Å². The Morgan fingerprint density at radius 1 is 1.50 bits per heavy atom. The number of piperidine rings is 1. The topological polar surface area (TPSA) is 41.1 Å². The third-order valence-electron chi connectivity index (χ3n) is 3.63. The number of hydrogen-bond donors (Lipinski definition) is 2. The van der Waals surface area contributed by atoms with Crippen molar-refractivity contribution in [1.82, 2.24) is 10.6 Å². The summed E-state index contributed by atoms with van der Waals surface area (Å²) in [5.41, 5.74) is 0.210. The van der Waals surface area contributed by atoms with E-state index in [1.807, 2.05) is 0 Å². The van der Waals surface area contributed by atoms with Crippen LogP contribution in [-0.4, -0.2) is 25.0 Å². The molecule has 1 unspecified atom stereocenters. The van der Waals surface area contributed by atoms with Gasteiger partial charge >= 0.3 is 0 Å². The molecule has 0 radical (unpaired) electrons. The molecule has 0 aromatic heterocycles. The standard InChI is InChI=1S/C13H26N2O/c1-10(13(2,3)4)8-12(16)15-11-6-5-7-14-9-11/h10-11,14H,5-9H2,1-4H3,(H,15,16)/t10?,11-/m0/s1. The van der Waals surface area contributed by atoms with Crippen LogP contribution >= 0.6 is 0 Å². The van der Waals surface area contributed by atoms with E-state index in [-0.39, 0.29) is 11.3 Å². The summed E-state index contributed by atoms with van der Waals surface area (Å²) in [7, 11) is 0. The fourth-order valence-electron chi connectivity index (χ4n) is 1.85. The van der Waals surface area contributed by atoms with Crippen LogP contribution in [0.5, 0.6) is 0 Å². The highest BCUT2D eigenvalue weighted by molar-refractivity contribution is 5.76. The summed E-state index contributed by atoms with van der Waals surface area (Å²) in [5.74, 6) is 0.625. The molecule has 0 aliphatic carbocycles. The van der Waals surface area contributed by atoms with Gasteiger partial charge in [-0.25, -0.2) is 0 Å². The fraction of sp³-hybridized carbons (Fsp3) is 0.923. The van der Waals surface area contributed by atoms with Crippen molar-refractivity contribution in [3.8, 4) is 0 Å². The predicted molar refractivity (Wildman–Crippen MR) is 67.3 cm³/mol. The van der Waals surface area contributed by atoms with Gasteiger partial charge in [-0.05, 0) is 30.7 Å². The molecule has 16 heavy (non-hydrogen) atoms. The third kappa shape index (κ3) is 4.52. The van der Waals surface area contributed by atoms with E-state index in [9.17, 15) is 4.79 Å². The van der Waals surface area contributed by atoms with Gasteiger partial charge in [0.15, 0.2) is 0 Å². The molecule has 3 nitrogen and oxygen atoms in total. The molecule has 94 valence electrons. The van der Waals surface area contributed by atoms with E-state index < -0.39 is 0 Å². The van der Waals surface area contributed by atoms with Crippen LogP contribution in [0.25, 0.3) is 0 Å². The van der Waals surface area contributed by atoms with Crippen molar-refractivity contribution in [2.45, 2.75) is 53.0 Å². The summed E-state index contributed by atoms with van der Waals surface area (Å²) < 4.78 is 0. The van der Waals surface area contributed by atoms with Crippen molar-refractivity contribution in [2.75, 3.05) is 13.1 Å². The van der Waals surface area contributed by atoms with Crippen molar-refractivity contribution in [3.05, 3.63) is 0 Å². The molecule has 3 heteroatoms. The largest absolute Gasteiger partial charge is 0.352 e. The van der Waals surface area contributed by atoms with Gasteiger partial charge < -0.3 is 10.6 Å². The molecule has 1 rings (SSSR count). The summed E-state index contributed by atoms with van der Waals surface area (Å²) in [6.07, 6.45) is 2.92. The molecule has 1 heterocycles. The molecule has 0 saturated carbocycles. The molecule has 2 N–H and O–H groups in total. The second-order valence-corrected chi connectivity index (χ2v) is 6.08. The van der Waals surface area contributed by atoms with E-state index in [0.29, 0.717) is 18.4 Å². The Kier molecular flexibility index (Phi) is 4.78. The van der Waals surface area contributed by atoms with Crippen molar-refractivity contribution >= 4 is 5.91 Å². The Bertz CT molecular complexity index is 227. The molecule has 1 aliphatic rings. The molecule has 1 fully saturated rings.